The molecule has 0 saturated carbocycles. The van der Waals surface area contributed by atoms with E-state index < -0.39 is 17.8 Å². The Balaban J connectivity index is 1.40. The third-order valence-corrected chi connectivity index (χ3v) is 5.12. The predicted octanol–water partition coefficient (Wildman–Crippen LogP) is 3.72. The quantitative estimate of drug-likeness (QED) is 0.455. The Labute approximate surface area is 172 Å². The summed E-state index contributed by atoms with van der Waals surface area (Å²) < 4.78 is 59.0. The molecule has 0 radical (unpaired) electrons. The zero-order chi connectivity index (χ0) is 21.6. The number of hydrogen-bond donors (Lipinski definition) is 0. The first-order chi connectivity index (χ1) is 14.9. The zero-order valence-corrected chi connectivity index (χ0v) is 15.9. The molecule has 1 aliphatic rings. The fourth-order valence-electron chi connectivity index (χ4n) is 3.66. The highest BCUT2D eigenvalue weighted by Crippen LogP contribution is 2.31. The largest absolute Gasteiger partial charge is 0.453 e. The molecule has 160 valence electrons. The van der Waals surface area contributed by atoms with Gasteiger partial charge >= 0.3 is 6.18 Å². The van der Waals surface area contributed by atoms with Crippen LogP contribution in [-0.2, 0) is 6.18 Å². The fraction of sp³-hybridized carbons (Fsp3) is 0.316. The van der Waals surface area contributed by atoms with Crippen molar-refractivity contribution in [1.29, 1.82) is 0 Å². The average molecular weight is 433 g/mol. The number of rotatable bonds is 3. The summed E-state index contributed by atoms with van der Waals surface area (Å²) in [7, 11) is 0. The monoisotopic (exact) mass is 433 g/mol. The topological polar surface area (TPSA) is 85.2 Å². The molecule has 0 unspecified atom stereocenters. The van der Waals surface area contributed by atoms with Gasteiger partial charge in [0, 0.05) is 18.7 Å². The molecule has 1 fully saturated rings. The van der Waals surface area contributed by atoms with Gasteiger partial charge in [-0.3, -0.25) is 0 Å². The molecule has 0 N–H and O–H groups in total. The molecule has 5 rings (SSSR count). The van der Waals surface area contributed by atoms with E-state index in [9.17, 15) is 17.6 Å². The van der Waals surface area contributed by atoms with E-state index >= 15 is 0 Å². The number of piperidine rings is 1. The summed E-state index contributed by atoms with van der Waals surface area (Å²) in [6.45, 7) is 1.05. The maximum Gasteiger partial charge on any atom is 0.453 e. The van der Waals surface area contributed by atoms with Crippen LogP contribution in [0.15, 0.2) is 40.9 Å². The van der Waals surface area contributed by atoms with E-state index in [0.29, 0.717) is 34.9 Å². The van der Waals surface area contributed by atoms with Gasteiger partial charge in [0.25, 0.3) is 5.82 Å². The standard InChI is InChI=1S/C19H15F4N7O/c20-13-5-1-3-11(9-13)16-24-17(31-28-16)12-4-2-8-29(10-12)15-7-6-14-25-26-18(19(21,22)23)30(14)27-15/h1,3,5-7,9,12H,2,4,8,10H2/t12-/m1/s1. The molecule has 0 amide bonds. The second kappa shape index (κ2) is 7.29. The number of nitrogens with zero attached hydrogens (tertiary/aromatic N) is 7. The van der Waals surface area contributed by atoms with Crippen molar-refractivity contribution in [1.82, 2.24) is 30.0 Å². The number of halogens is 4. The molecule has 31 heavy (non-hydrogen) atoms. The Morgan fingerprint density at radius 3 is 2.77 bits per heavy atom. The molecule has 1 saturated heterocycles. The van der Waals surface area contributed by atoms with E-state index in [1.807, 2.05) is 4.90 Å². The molecule has 0 aliphatic carbocycles. The van der Waals surface area contributed by atoms with Crippen LogP contribution in [0.25, 0.3) is 17.0 Å². The zero-order valence-electron chi connectivity index (χ0n) is 15.9. The summed E-state index contributed by atoms with van der Waals surface area (Å²) in [5, 5.41) is 14.8. The van der Waals surface area contributed by atoms with Crippen molar-refractivity contribution in [2.75, 3.05) is 18.0 Å². The molecule has 1 aromatic carbocycles. The normalized spacial score (nSPS) is 17.4. The van der Waals surface area contributed by atoms with Crippen LogP contribution >= 0.6 is 0 Å². The maximum absolute atomic E-state index is 13.5. The van der Waals surface area contributed by atoms with E-state index in [0.717, 1.165) is 12.8 Å². The molecular weight excluding hydrogens is 418 g/mol. The Hall–Kier alpha value is -3.57. The maximum atomic E-state index is 13.5. The van der Waals surface area contributed by atoms with Gasteiger partial charge in [-0.2, -0.15) is 22.7 Å². The number of anilines is 1. The van der Waals surface area contributed by atoms with Gasteiger partial charge in [-0.15, -0.1) is 15.3 Å². The van der Waals surface area contributed by atoms with Crippen LogP contribution in [0.1, 0.15) is 30.5 Å². The van der Waals surface area contributed by atoms with E-state index in [2.05, 4.69) is 25.4 Å². The minimum absolute atomic E-state index is 0.0151. The minimum Gasteiger partial charge on any atom is -0.354 e. The van der Waals surface area contributed by atoms with Crippen molar-refractivity contribution in [3.05, 3.63) is 53.9 Å². The summed E-state index contributed by atoms with van der Waals surface area (Å²) in [5.41, 5.74) is 0.517. The third-order valence-electron chi connectivity index (χ3n) is 5.12. The lowest BCUT2D eigenvalue weighted by molar-refractivity contribution is -0.146. The highest BCUT2D eigenvalue weighted by molar-refractivity contribution is 5.54. The van der Waals surface area contributed by atoms with Crippen molar-refractivity contribution in [3.63, 3.8) is 0 Å². The smallest absolute Gasteiger partial charge is 0.354 e. The molecular formula is C19H15F4N7O. The van der Waals surface area contributed by atoms with Gasteiger partial charge in [-0.1, -0.05) is 17.3 Å². The van der Waals surface area contributed by atoms with E-state index in [1.54, 1.807) is 18.2 Å². The summed E-state index contributed by atoms with van der Waals surface area (Å²) in [6.07, 6.45) is -3.13. The number of alkyl halides is 3. The summed E-state index contributed by atoms with van der Waals surface area (Å²) >= 11 is 0. The van der Waals surface area contributed by atoms with Crippen LogP contribution in [0.2, 0.25) is 0 Å². The Morgan fingerprint density at radius 1 is 1.10 bits per heavy atom. The Kier molecular flexibility index (Phi) is 4.56. The lowest BCUT2D eigenvalue weighted by Crippen LogP contribution is -2.35. The van der Waals surface area contributed by atoms with E-state index in [4.69, 9.17) is 4.52 Å². The van der Waals surface area contributed by atoms with Crippen molar-refractivity contribution >= 4 is 11.5 Å². The molecule has 1 aliphatic heterocycles. The first-order valence-electron chi connectivity index (χ1n) is 9.52. The summed E-state index contributed by atoms with van der Waals surface area (Å²) in [4.78, 5) is 6.26. The molecule has 1 atom stereocenters. The van der Waals surface area contributed by atoms with Crippen molar-refractivity contribution in [2.24, 2.45) is 0 Å². The van der Waals surface area contributed by atoms with E-state index in [-0.39, 0.29) is 17.4 Å². The SMILES string of the molecule is Fc1cccc(-c2noc([C@@H]3CCCN(c4ccc5nnc(C(F)(F)F)n5n4)C3)n2)c1. The second-order valence-corrected chi connectivity index (χ2v) is 7.23. The number of benzene rings is 1. The van der Waals surface area contributed by atoms with Gasteiger partial charge in [0.15, 0.2) is 5.65 Å². The third kappa shape index (κ3) is 3.68. The predicted molar refractivity (Wildman–Crippen MR) is 99.7 cm³/mol. The van der Waals surface area contributed by atoms with Gasteiger partial charge in [-0.05, 0) is 37.1 Å². The lowest BCUT2D eigenvalue weighted by Gasteiger charge is -2.31. The van der Waals surface area contributed by atoms with Gasteiger partial charge in [0.2, 0.25) is 11.7 Å². The summed E-state index contributed by atoms with van der Waals surface area (Å²) in [5.74, 6) is -0.664. The minimum atomic E-state index is -4.66. The number of hydrogen-bond acceptors (Lipinski definition) is 7. The van der Waals surface area contributed by atoms with Crippen molar-refractivity contribution in [2.45, 2.75) is 24.9 Å². The van der Waals surface area contributed by atoms with Gasteiger partial charge < -0.3 is 9.42 Å². The highest BCUT2D eigenvalue weighted by Gasteiger charge is 2.38. The van der Waals surface area contributed by atoms with Crippen LogP contribution in [0, 0.1) is 5.82 Å². The van der Waals surface area contributed by atoms with Gasteiger partial charge in [-0.25, -0.2) is 4.39 Å². The lowest BCUT2D eigenvalue weighted by atomic mass is 9.98. The van der Waals surface area contributed by atoms with Crippen LogP contribution in [0.4, 0.5) is 23.4 Å². The Bertz CT molecular complexity index is 1240. The fourth-order valence-corrected chi connectivity index (χ4v) is 3.66. The highest BCUT2D eigenvalue weighted by atomic mass is 19.4. The number of fused-ring (bicyclic) bond motifs is 1. The molecule has 8 nitrogen and oxygen atoms in total. The molecule has 0 spiro atoms. The Morgan fingerprint density at radius 2 is 1.97 bits per heavy atom. The molecule has 4 heterocycles. The van der Waals surface area contributed by atoms with Crippen LogP contribution in [-0.4, -0.2) is 43.0 Å². The average Bonchev–Trinajstić information content (AvgIpc) is 3.41. The first-order valence-corrected chi connectivity index (χ1v) is 9.52. The van der Waals surface area contributed by atoms with Gasteiger partial charge in [0.05, 0.1) is 5.92 Å². The second-order valence-electron chi connectivity index (χ2n) is 7.23. The van der Waals surface area contributed by atoms with Crippen molar-refractivity contribution < 1.29 is 22.1 Å². The molecule has 4 aromatic rings. The molecule has 3 aromatic heterocycles. The molecule has 0 bridgehead atoms. The molecule has 12 heteroatoms. The van der Waals surface area contributed by atoms with E-state index in [1.165, 1.54) is 18.2 Å². The van der Waals surface area contributed by atoms with Crippen LogP contribution in [0.5, 0.6) is 0 Å². The van der Waals surface area contributed by atoms with Crippen LogP contribution < -0.4 is 4.90 Å². The van der Waals surface area contributed by atoms with Crippen molar-refractivity contribution in [3.8, 4) is 11.4 Å². The van der Waals surface area contributed by atoms with Gasteiger partial charge in [0.1, 0.15) is 11.6 Å². The summed E-state index contributed by atoms with van der Waals surface area (Å²) in [6, 6.07) is 8.94. The first kappa shape index (κ1) is 19.4. The number of aromatic nitrogens is 6. The van der Waals surface area contributed by atoms with Crippen LogP contribution in [0.3, 0.4) is 0 Å².